The molecule has 2 atom stereocenters. The summed E-state index contributed by atoms with van der Waals surface area (Å²) >= 11 is 0. The lowest BCUT2D eigenvalue weighted by Gasteiger charge is -2.37. The number of hydrogen-bond donors (Lipinski definition) is 0. The van der Waals surface area contributed by atoms with E-state index in [1.54, 1.807) is 0 Å². The number of carbonyl (C=O) groups is 1. The number of imidazole rings is 1. The molecule has 0 unspecified atom stereocenters. The Morgan fingerprint density at radius 3 is 2.78 bits per heavy atom. The highest BCUT2D eigenvalue weighted by Gasteiger charge is 2.28. The molecule has 0 bridgehead atoms. The molecule has 0 spiro atoms. The van der Waals surface area contributed by atoms with Gasteiger partial charge in [0.1, 0.15) is 0 Å². The molecule has 2 aliphatic rings. The molecule has 27 heavy (non-hydrogen) atoms. The normalized spacial score (nSPS) is 22.4. The van der Waals surface area contributed by atoms with Gasteiger partial charge in [0.25, 0.3) is 0 Å². The number of carbonyl (C=O) groups excluding carboxylic acids is 1. The van der Waals surface area contributed by atoms with Gasteiger partial charge in [-0.05, 0) is 70.7 Å². The molecule has 2 aliphatic heterocycles. The smallest absolute Gasteiger partial charge is 0.224 e. The van der Waals surface area contributed by atoms with Gasteiger partial charge < -0.3 is 14.4 Å². The molecule has 0 saturated carbocycles. The maximum Gasteiger partial charge on any atom is 0.224 e. The van der Waals surface area contributed by atoms with Crippen molar-refractivity contribution >= 4 is 16.9 Å². The highest BCUT2D eigenvalue weighted by atomic mass is 16.2. The van der Waals surface area contributed by atoms with Gasteiger partial charge in [-0.3, -0.25) is 4.79 Å². The SMILES string of the molecule is C[C@@H](CC(=O)N1CCCC[C@H]1CCN1CCCC1)n1cnc2ccccc21. The Hall–Kier alpha value is -1.88. The van der Waals surface area contributed by atoms with E-state index in [1.807, 2.05) is 24.5 Å². The first-order valence-corrected chi connectivity index (χ1v) is 10.7. The van der Waals surface area contributed by atoms with Crippen LogP contribution in [0.2, 0.25) is 0 Å². The number of aromatic nitrogens is 2. The van der Waals surface area contributed by atoms with E-state index in [1.165, 1.54) is 38.8 Å². The van der Waals surface area contributed by atoms with Crippen LogP contribution >= 0.6 is 0 Å². The molecule has 0 aliphatic carbocycles. The fourth-order valence-electron chi connectivity index (χ4n) is 4.76. The van der Waals surface area contributed by atoms with Gasteiger partial charge in [0.2, 0.25) is 5.91 Å². The van der Waals surface area contributed by atoms with Gasteiger partial charge in [-0.25, -0.2) is 4.98 Å². The summed E-state index contributed by atoms with van der Waals surface area (Å²) in [6.07, 6.45) is 9.82. The zero-order chi connectivity index (χ0) is 18.6. The van der Waals surface area contributed by atoms with Gasteiger partial charge in [-0.2, -0.15) is 0 Å². The van der Waals surface area contributed by atoms with Crippen molar-refractivity contribution < 1.29 is 4.79 Å². The molecule has 1 amide bonds. The Balaban J connectivity index is 1.39. The van der Waals surface area contributed by atoms with Crippen molar-refractivity contribution in [1.29, 1.82) is 0 Å². The largest absolute Gasteiger partial charge is 0.340 e. The molecule has 0 N–H and O–H groups in total. The summed E-state index contributed by atoms with van der Waals surface area (Å²) in [5.74, 6) is 0.311. The molecule has 5 heteroatoms. The van der Waals surface area contributed by atoms with Gasteiger partial charge in [0, 0.05) is 31.6 Å². The van der Waals surface area contributed by atoms with Crippen molar-refractivity contribution in [3.8, 4) is 0 Å². The molecule has 2 saturated heterocycles. The van der Waals surface area contributed by atoms with E-state index in [9.17, 15) is 4.79 Å². The molecule has 1 aromatic heterocycles. The fourth-order valence-corrected chi connectivity index (χ4v) is 4.76. The summed E-state index contributed by atoms with van der Waals surface area (Å²) in [7, 11) is 0. The van der Waals surface area contributed by atoms with E-state index in [-0.39, 0.29) is 6.04 Å². The van der Waals surface area contributed by atoms with Crippen LogP contribution in [0.5, 0.6) is 0 Å². The third-order valence-electron chi connectivity index (χ3n) is 6.35. The average molecular weight is 369 g/mol. The summed E-state index contributed by atoms with van der Waals surface area (Å²) in [5, 5.41) is 0. The molecule has 3 heterocycles. The van der Waals surface area contributed by atoms with Crippen LogP contribution in [0, 0.1) is 0 Å². The summed E-state index contributed by atoms with van der Waals surface area (Å²) < 4.78 is 2.15. The van der Waals surface area contributed by atoms with E-state index in [2.05, 4.69) is 32.3 Å². The van der Waals surface area contributed by atoms with Gasteiger partial charge in [0.15, 0.2) is 0 Å². The number of rotatable bonds is 6. The number of piperidine rings is 1. The second kappa shape index (κ2) is 8.42. The third kappa shape index (κ3) is 4.18. The number of nitrogens with zero attached hydrogens (tertiary/aromatic N) is 4. The van der Waals surface area contributed by atoms with E-state index < -0.39 is 0 Å². The minimum absolute atomic E-state index is 0.131. The predicted octanol–water partition coefficient (Wildman–Crippen LogP) is 3.85. The van der Waals surface area contributed by atoms with E-state index in [0.29, 0.717) is 18.4 Å². The van der Waals surface area contributed by atoms with Gasteiger partial charge in [-0.1, -0.05) is 12.1 Å². The van der Waals surface area contributed by atoms with E-state index in [0.717, 1.165) is 37.0 Å². The average Bonchev–Trinajstić information content (AvgIpc) is 3.36. The minimum atomic E-state index is 0.131. The van der Waals surface area contributed by atoms with Crippen LogP contribution in [0.1, 0.15) is 57.9 Å². The molecule has 0 radical (unpaired) electrons. The molecular formula is C22H32N4O. The Morgan fingerprint density at radius 1 is 1.15 bits per heavy atom. The zero-order valence-electron chi connectivity index (χ0n) is 16.5. The van der Waals surface area contributed by atoms with Crippen molar-refractivity contribution in [2.75, 3.05) is 26.2 Å². The second-order valence-corrected chi connectivity index (χ2v) is 8.27. The van der Waals surface area contributed by atoms with Crippen LogP contribution in [-0.2, 0) is 4.79 Å². The number of hydrogen-bond acceptors (Lipinski definition) is 3. The van der Waals surface area contributed by atoms with Crippen molar-refractivity contribution in [1.82, 2.24) is 19.4 Å². The lowest BCUT2D eigenvalue weighted by molar-refractivity contribution is -0.135. The Kier molecular flexibility index (Phi) is 5.77. The van der Waals surface area contributed by atoms with Gasteiger partial charge in [0.05, 0.1) is 17.4 Å². The van der Waals surface area contributed by atoms with E-state index >= 15 is 0 Å². The van der Waals surface area contributed by atoms with E-state index in [4.69, 9.17) is 0 Å². The number of para-hydroxylation sites is 2. The molecule has 5 nitrogen and oxygen atoms in total. The topological polar surface area (TPSA) is 41.4 Å². The second-order valence-electron chi connectivity index (χ2n) is 8.27. The first-order valence-electron chi connectivity index (χ1n) is 10.7. The van der Waals surface area contributed by atoms with Crippen molar-refractivity contribution in [3.05, 3.63) is 30.6 Å². The van der Waals surface area contributed by atoms with Crippen LogP contribution in [0.4, 0.5) is 0 Å². The van der Waals surface area contributed by atoms with Gasteiger partial charge in [-0.15, -0.1) is 0 Å². The molecule has 2 fully saturated rings. The first kappa shape index (κ1) is 18.5. The lowest BCUT2D eigenvalue weighted by Crippen LogP contribution is -2.45. The number of benzene rings is 1. The lowest BCUT2D eigenvalue weighted by atomic mass is 9.98. The van der Waals surface area contributed by atoms with Crippen LogP contribution in [0.3, 0.4) is 0 Å². The summed E-state index contributed by atoms with van der Waals surface area (Å²) in [5.41, 5.74) is 2.11. The quantitative estimate of drug-likeness (QED) is 0.778. The zero-order valence-corrected chi connectivity index (χ0v) is 16.5. The number of amides is 1. The van der Waals surface area contributed by atoms with Crippen LogP contribution < -0.4 is 0 Å². The van der Waals surface area contributed by atoms with Crippen LogP contribution in [0.15, 0.2) is 30.6 Å². The van der Waals surface area contributed by atoms with Crippen molar-refractivity contribution in [2.45, 2.75) is 64.0 Å². The maximum absolute atomic E-state index is 13.1. The molecular weight excluding hydrogens is 336 g/mol. The summed E-state index contributed by atoms with van der Waals surface area (Å²) in [6.45, 7) is 6.70. The fraction of sp³-hybridized carbons (Fsp3) is 0.636. The molecule has 146 valence electrons. The molecule has 2 aromatic rings. The minimum Gasteiger partial charge on any atom is -0.340 e. The standard InChI is InChI=1S/C22H32N4O/c1-18(26-17-23-20-9-2-3-10-21(20)26)16-22(27)25-14-5-4-8-19(25)11-15-24-12-6-7-13-24/h2-3,9-10,17-19H,4-8,11-16H2,1H3/t18-,19-/m0/s1. The Bertz CT molecular complexity index is 765. The van der Waals surface area contributed by atoms with Crippen molar-refractivity contribution in [2.24, 2.45) is 0 Å². The van der Waals surface area contributed by atoms with Crippen molar-refractivity contribution in [3.63, 3.8) is 0 Å². The Labute approximate surface area is 162 Å². The summed E-state index contributed by atoms with van der Waals surface area (Å²) in [4.78, 5) is 22.4. The maximum atomic E-state index is 13.1. The monoisotopic (exact) mass is 368 g/mol. The van der Waals surface area contributed by atoms with Gasteiger partial charge >= 0.3 is 0 Å². The van der Waals surface area contributed by atoms with Crippen LogP contribution in [0.25, 0.3) is 11.0 Å². The first-order chi connectivity index (χ1) is 13.2. The third-order valence-corrected chi connectivity index (χ3v) is 6.35. The number of likely N-dealkylation sites (tertiary alicyclic amines) is 2. The predicted molar refractivity (Wildman–Crippen MR) is 109 cm³/mol. The molecule has 1 aromatic carbocycles. The molecule has 4 rings (SSSR count). The highest BCUT2D eigenvalue weighted by Crippen LogP contribution is 2.25. The Morgan fingerprint density at radius 2 is 1.93 bits per heavy atom. The van der Waals surface area contributed by atoms with Crippen LogP contribution in [-0.4, -0.2) is 57.5 Å². The highest BCUT2D eigenvalue weighted by molar-refractivity contribution is 5.78. The number of fused-ring (bicyclic) bond motifs is 1. The summed E-state index contributed by atoms with van der Waals surface area (Å²) in [6, 6.07) is 8.72.